The number of hydrogen-bond acceptors (Lipinski definition) is 10. The average molecular weight is 1180 g/mol. The van der Waals surface area contributed by atoms with Gasteiger partial charge in [0.1, 0.15) is 5.75 Å². The number of aromatic hydroxyl groups is 2. The van der Waals surface area contributed by atoms with E-state index in [9.17, 15) is 20.4 Å². The number of carbonyl (C=O) groups is 1. The van der Waals surface area contributed by atoms with Gasteiger partial charge in [0.15, 0.2) is 23.2 Å². The summed E-state index contributed by atoms with van der Waals surface area (Å²) in [7, 11) is 0. The summed E-state index contributed by atoms with van der Waals surface area (Å²) in [5.41, 5.74) is 14.9. The summed E-state index contributed by atoms with van der Waals surface area (Å²) in [6.45, 7) is 2.89. The van der Waals surface area contributed by atoms with Gasteiger partial charge in [-0.2, -0.15) is 0 Å². The Morgan fingerprint density at radius 3 is 2.51 bits per heavy atom. The Labute approximate surface area is 520 Å². The Bertz CT molecular complexity index is 3650. The predicted molar refractivity (Wildman–Crippen MR) is 342 cm³/mol. The van der Waals surface area contributed by atoms with Gasteiger partial charge in [-0.15, -0.1) is 0 Å². The second-order valence-electron chi connectivity index (χ2n) is 31.2. The molecule has 7 N–H and O–H groups in total. The Balaban J connectivity index is 1.01. The Hall–Kier alpha value is -5.86. The number of hydrogen-bond donors (Lipinski definition) is 6. The number of phenols is 2. The third kappa shape index (κ3) is 8.15. The van der Waals surface area contributed by atoms with Crippen molar-refractivity contribution in [3.8, 4) is 29.1 Å². The first-order chi connectivity index (χ1) is 42.8. The third-order valence-corrected chi connectivity index (χ3v) is 26.9. The van der Waals surface area contributed by atoms with E-state index >= 15 is 4.79 Å². The van der Waals surface area contributed by atoms with Crippen LogP contribution in [0.15, 0.2) is 113 Å². The number of carbonyl (C=O) groups excluding carboxylic acids is 1. The summed E-state index contributed by atoms with van der Waals surface area (Å²) >= 11 is 0. The number of nitrogens with one attached hydrogen (secondary N) is 1. The highest BCUT2D eigenvalue weighted by Gasteiger charge is 2.74. The minimum atomic E-state index is -0.752. The summed E-state index contributed by atoms with van der Waals surface area (Å²) in [5.74, 6) is 8.12. The van der Waals surface area contributed by atoms with Gasteiger partial charge in [-0.1, -0.05) is 129 Å². The molecule has 14 aliphatic rings. The van der Waals surface area contributed by atoms with Crippen LogP contribution in [0, 0.1) is 75.4 Å². The summed E-state index contributed by atoms with van der Waals surface area (Å²) in [6, 6.07) is 17.4. The molecule has 3 aromatic rings. The second kappa shape index (κ2) is 20.6. The van der Waals surface area contributed by atoms with Gasteiger partial charge in [-0.3, -0.25) is 4.79 Å². The number of rotatable bonds is 4. The van der Waals surface area contributed by atoms with Crippen LogP contribution in [0.3, 0.4) is 0 Å². The first-order valence-electron chi connectivity index (χ1n) is 34.8. The highest BCUT2D eigenvalue weighted by Crippen LogP contribution is 2.79. The van der Waals surface area contributed by atoms with Crippen molar-refractivity contribution in [3.63, 3.8) is 0 Å². The molecule has 4 spiro atoms. The van der Waals surface area contributed by atoms with E-state index < -0.39 is 33.3 Å². The van der Waals surface area contributed by atoms with Crippen LogP contribution in [0.4, 0.5) is 0 Å². The molecule has 17 rings (SSSR count). The number of ether oxygens (including phenoxy) is 2. The van der Waals surface area contributed by atoms with Crippen molar-refractivity contribution >= 4 is 11.7 Å². The molecular formula is C78H91N3O7. The number of Topliss-reactive ketones (excluding diaryl/α,β-unsaturated/α-hetero) is 1. The summed E-state index contributed by atoms with van der Waals surface area (Å²) < 4.78 is 15.2. The lowest BCUT2D eigenvalue weighted by molar-refractivity contribution is -0.239. The SMILES string of the molecule is CC1CC23C=CC4CC5CC6(CO)C=CCCC6C(CO)=C5C(=O)CC4c4cc(OC5CCCC5)c(O)c5c4C#CCC(N=C(N)NC4(CCCCC4)c4cccc(c4)Cc4cc(O)cc2c4)C2C=CC46OCCC7(CCCC7)C4CC4(C1)C3=CC2C6C54. The molecular weight excluding hydrogens is 1090 g/mol. The molecule has 10 nitrogen and oxygen atoms in total. The fourth-order valence-corrected chi connectivity index (χ4v) is 23.7. The highest BCUT2D eigenvalue weighted by molar-refractivity contribution is 5.98. The topological polar surface area (TPSA) is 167 Å². The summed E-state index contributed by atoms with van der Waals surface area (Å²) in [4.78, 5) is 21.9. The maximum atomic E-state index is 16.1. The van der Waals surface area contributed by atoms with Gasteiger partial charge in [0, 0.05) is 70.1 Å². The Kier molecular flexibility index (Phi) is 13.1. The minimum Gasteiger partial charge on any atom is -0.508 e. The molecule has 1 saturated heterocycles. The molecule has 15 unspecified atom stereocenters. The fourth-order valence-electron chi connectivity index (χ4n) is 23.7. The van der Waals surface area contributed by atoms with Gasteiger partial charge in [0.25, 0.3) is 0 Å². The number of nitrogens with two attached hydrogens (primary N) is 1. The normalized spacial score (nSPS) is 39.3. The quantitative estimate of drug-likeness (QED) is 0.110. The standard InChI is InChI=1S/C78H91N3O7/c1-46-40-75-27-20-49-35-50-42-74(45-83)24-8-5-18-61(74)60(44-82)67(50)63(85)37-57(49)58-38-64(88-54-15-3-4-16-54)71(86)68-56(58)17-12-19-62(80-72(79)81-77(25-6-2-7-26-77)51-14-11-13-47(32-51)31-48-33-52(75)36-53(84)34-48)55-21-28-78-66(73(29-30-87-78)22-9-10-23-73)43-76(41-46)65(75)39-59(55)69(78)70(68)76/h8,11,13-14,20-21,24,27-28,32-34,36,38-39,46,49-50,54-55,57,59,61-62,66,69-70,82-84,86H,2-7,9-10,15-16,18-19,22-23,25-26,29-31,35,37,40-45H2,1H3,(H3,79,80,81). The molecule has 10 heteroatoms. The van der Waals surface area contributed by atoms with Crippen LogP contribution in [0.2, 0.25) is 0 Å². The van der Waals surface area contributed by atoms with Crippen LogP contribution < -0.4 is 15.8 Å². The minimum absolute atomic E-state index is 0.0510. The molecule has 0 aromatic heterocycles. The summed E-state index contributed by atoms with van der Waals surface area (Å²) in [6.07, 6.45) is 39.1. The molecule has 2 heterocycles. The van der Waals surface area contributed by atoms with E-state index in [4.69, 9.17) is 20.2 Å². The van der Waals surface area contributed by atoms with E-state index in [0.29, 0.717) is 44.0 Å². The Morgan fingerprint density at radius 1 is 0.852 bits per heavy atom. The van der Waals surface area contributed by atoms with Crippen molar-refractivity contribution in [1.82, 2.24) is 5.32 Å². The molecule has 15 atom stereocenters. The van der Waals surface area contributed by atoms with E-state index in [1.165, 1.54) is 48.8 Å². The second-order valence-corrected chi connectivity index (χ2v) is 31.2. The number of ketones is 1. The van der Waals surface area contributed by atoms with Crippen LogP contribution in [-0.4, -0.2) is 69.7 Å². The van der Waals surface area contributed by atoms with Crippen molar-refractivity contribution in [2.24, 2.45) is 74.3 Å². The smallest absolute Gasteiger partial charge is 0.189 e. The molecule has 15 bridgehead atoms. The fraction of sp³-hybridized carbons (Fsp3) is 0.590. The molecule has 88 heavy (non-hydrogen) atoms. The van der Waals surface area contributed by atoms with Crippen LogP contribution in [0.1, 0.15) is 205 Å². The lowest BCUT2D eigenvalue weighted by atomic mass is 9.33. The molecule has 460 valence electrons. The number of aliphatic hydroxyl groups excluding tert-OH is 2. The maximum absolute atomic E-state index is 16.1. The largest absolute Gasteiger partial charge is 0.508 e. The highest BCUT2D eigenvalue weighted by atomic mass is 16.5. The first-order valence-corrected chi connectivity index (χ1v) is 34.8. The van der Waals surface area contributed by atoms with Gasteiger partial charge in [0.2, 0.25) is 0 Å². The van der Waals surface area contributed by atoms with E-state index in [2.05, 4.69) is 109 Å². The lowest BCUT2D eigenvalue weighted by Gasteiger charge is -2.72. The zero-order valence-corrected chi connectivity index (χ0v) is 51.7. The average Bonchev–Trinajstić information content (AvgIpc) is 0.827. The first kappa shape index (κ1) is 56.1. The van der Waals surface area contributed by atoms with Gasteiger partial charge in [-0.25, -0.2) is 4.99 Å². The zero-order chi connectivity index (χ0) is 59.5. The predicted octanol–water partition coefficient (Wildman–Crippen LogP) is 13.6. The lowest BCUT2D eigenvalue weighted by Crippen LogP contribution is -2.70. The number of allylic oxidation sites excluding steroid dienone is 6. The van der Waals surface area contributed by atoms with Crippen molar-refractivity contribution in [2.45, 2.75) is 202 Å². The van der Waals surface area contributed by atoms with Gasteiger partial charge < -0.3 is 41.0 Å². The molecule has 0 radical (unpaired) electrons. The van der Waals surface area contributed by atoms with Crippen molar-refractivity contribution in [1.29, 1.82) is 0 Å². The van der Waals surface area contributed by atoms with E-state index in [-0.39, 0.29) is 108 Å². The zero-order valence-electron chi connectivity index (χ0n) is 51.7. The van der Waals surface area contributed by atoms with Crippen LogP contribution in [0.25, 0.3) is 0 Å². The van der Waals surface area contributed by atoms with Crippen LogP contribution in [-0.2, 0) is 26.9 Å². The molecule has 12 aliphatic carbocycles. The number of benzene rings is 3. The molecule has 3 aromatic carbocycles. The number of aliphatic hydroxyl groups is 2. The number of phenolic OH excluding ortho intramolecular Hbond substituents is 2. The molecule has 2 aliphatic heterocycles. The van der Waals surface area contributed by atoms with Gasteiger partial charge >= 0.3 is 0 Å². The van der Waals surface area contributed by atoms with Crippen molar-refractivity contribution in [3.05, 3.63) is 147 Å². The van der Waals surface area contributed by atoms with E-state index in [0.717, 1.165) is 129 Å². The third-order valence-electron chi connectivity index (χ3n) is 26.9. The summed E-state index contributed by atoms with van der Waals surface area (Å²) in [5, 5.41) is 54.0. The molecule has 7 fully saturated rings. The van der Waals surface area contributed by atoms with Gasteiger partial charge in [-0.05, 0) is 208 Å². The van der Waals surface area contributed by atoms with Crippen molar-refractivity contribution in [2.75, 3.05) is 19.8 Å². The van der Waals surface area contributed by atoms with Crippen LogP contribution >= 0.6 is 0 Å². The molecule has 0 amide bonds. The number of nitrogens with zero attached hydrogens (tertiary/aromatic N) is 1. The molecule has 6 saturated carbocycles. The Morgan fingerprint density at radius 2 is 1.68 bits per heavy atom. The van der Waals surface area contributed by atoms with Gasteiger partial charge in [0.05, 0.1) is 36.5 Å². The van der Waals surface area contributed by atoms with Crippen LogP contribution in [0.5, 0.6) is 17.2 Å². The maximum Gasteiger partial charge on any atom is 0.189 e. The van der Waals surface area contributed by atoms with E-state index in [1.807, 2.05) is 6.07 Å². The number of fused-ring (bicyclic) bond motifs is 10. The monoisotopic (exact) mass is 1180 g/mol. The number of guanidine groups is 1. The van der Waals surface area contributed by atoms with E-state index in [1.54, 1.807) is 0 Å². The van der Waals surface area contributed by atoms with Crippen molar-refractivity contribution < 1.29 is 34.7 Å². The number of aliphatic imine (C=N–C) groups is 1.